The second kappa shape index (κ2) is 6.90. The van der Waals surface area contributed by atoms with Gasteiger partial charge in [-0.1, -0.05) is 18.2 Å². The van der Waals surface area contributed by atoms with Crippen LogP contribution in [-0.2, 0) is 13.5 Å². The summed E-state index contributed by atoms with van der Waals surface area (Å²) in [5, 5.41) is 13.7. The van der Waals surface area contributed by atoms with Gasteiger partial charge >= 0.3 is 6.03 Å². The van der Waals surface area contributed by atoms with Gasteiger partial charge in [0.05, 0.1) is 6.04 Å². The minimum absolute atomic E-state index is 0.190. The Balaban J connectivity index is 1.51. The molecule has 1 aromatic heterocycles. The average Bonchev–Trinajstić information content (AvgIpc) is 3.18. The van der Waals surface area contributed by atoms with Crippen molar-refractivity contribution in [3.05, 3.63) is 42.0 Å². The first-order valence-electron chi connectivity index (χ1n) is 8.29. The lowest BCUT2D eigenvalue weighted by Gasteiger charge is -2.27. The third kappa shape index (κ3) is 3.34. The summed E-state index contributed by atoms with van der Waals surface area (Å²) in [6, 6.07) is 8.31. The largest absolute Gasteiger partial charge is 0.366 e. The summed E-state index contributed by atoms with van der Waals surface area (Å²) in [6.07, 6.45) is 2.69. The molecule has 2 N–H and O–H groups in total. The highest BCUT2D eigenvalue weighted by Gasteiger charge is 2.23. The van der Waals surface area contributed by atoms with E-state index in [4.69, 9.17) is 0 Å². The first-order valence-corrected chi connectivity index (χ1v) is 8.29. The normalized spacial score (nSPS) is 15.7. The maximum absolute atomic E-state index is 12.1. The van der Waals surface area contributed by atoms with E-state index in [2.05, 4.69) is 56.9 Å². The molecule has 1 aliphatic heterocycles. The van der Waals surface area contributed by atoms with Gasteiger partial charge in [0.2, 0.25) is 0 Å². The van der Waals surface area contributed by atoms with E-state index in [1.807, 2.05) is 14.0 Å². The minimum Gasteiger partial charge on any atom is -0.366 e. The van der Waals surface area contributed by atoms with Crippen LogP contribution in [0.3, 0.4) is 0 Å². The van der Waals surface area contributed by atoms with Gasteiger partial charge < -0.3 is 20.1 Å². The molecule has 1 aromatic carbocycles. The summed E-state index contributed by atoms with van der Waals surface area (Å²) < 4.78 is 1.80. The molecule has 128 valence electrons. The number of fused-ring (bicyclic) bond motifs is 1. The Labute approximate surface area is 142 Å². The van der Waals surface area contributed by atoms with E-state index in [1.165, 1.54) is 11.3 Å². The quantitative estimate of drug-likeness (QED) is 0.875. The number of urea groups is 1. The fourth-order valence-corrected chi connectivity index (χ4v) is 3.17. The lowest BCUT2D eigenvalue weighted by atomic mass is 10.2. The first kappa shape index (κ1) is 16.3. The Morgan fingerprint density at radius 2 is 2.12 bits per heavy atom. The molecule has 0 saturated heterocycles. The van der Waals surface area contributed by atoms with Gasteiger partial charge in [-0.2, -0.15) is 0 Å². The minimum atomic E-state index is -0.194. The number of para-hydroxylation sites is 1. The van der Waals surface area contributed by atoms with Crippen LogP contribution in [0, 0.1) is 0 Å². The van der Waals surface area contributed by atoms with Crippen LogP contribution in [0.25, 0.3) is 0 Å². The van der Waals surface area contributed by atoms with Crippen molar-refractivity contribution in [2.75, 3.05) is 18.0 Å². The van der Waals surface area contributed by atoms with Crippen molar-refractivity contribution in [2.45, 2.75) is 32.4 Å². The Morgan fingerprint density at radius 1 is 1.33 bits per heavy atom. The number of hydrogen-bond acceptors (Lipinski definition) is 4. The number of amides is 2. The van der Waals surface area contributed by atoms with E-state index < -0.39 is 0 Å². The monoisotopic (exact) mass is 328 g/mol. The number of hydrogen-bond donors (Lipinski definition) is 2. The van der Waals surface area contributed by atoms with Crippen LogP contribution in [0.5, 0.6) is 0 Å². The Bertz CT molecular complexity index is 713. The molecule has 24 heavy (non-hydrogen) atoms. The highest BCUT2D eigenvalue weighted by atomic mass is 16.2. The molecule has 0 unspecified atom stereocenters. The molecule has 2 amide bonds. The zero-order valence-electron chi connectivity index (χ0n) is 14.4. The van der Waals surface area contributed by atoms with Gasteiger partial charge in [-0.05, 0) is 31.9 Å². The molecule has 2 aromatic rings. The molecular formula is C17H24N6O. The summed E-state index contributed by atoms with van der Waals surface area (Å²) >= 11 is 0. The molecule has 0 fully saturated rings. The second-order valence-corrected chi connectivity index (χ2v) is 6.30. The molecule has 0 bridgehead atoms. The number of carbonyl (C=O) groups excluding carboxylic acids is 1. The molecular weight excluding hydrogens is 304 g/mol. The fraction of sp³-hybridized carbons (Fsp3) is 0.471. The number of carbonyl (C=O) groups is 1. The van der Waals surface area contributed by atoms with Crippen LogP contribution in [0.1, 0.15) is 31.3 Å². The third-order valence-electron chi connectivity index (χ3n) is 4.49. The van der Waals surface area contributed by atoms with Crippen LogP contribution in [-0.4, -0.2) is 39.9 Å². The zero-order chi connectivity index (χ0) is 17.1. The highest BCUT2D eigenvalue weighted by molar-refractivity contribution is 5.74. The molecule has 1 aliphatic rings. The van der Waals surface area contributed by atoms with E-state index in [9.17, 15) is 4.79 Å². The molecule has 2 heterocycles. The molecule has 7 heteroatoms. The van der Waals surface area contributed by atoms with Crippen LogP contribution in [0.2, 0.25) is 0 Å². The van der Waals surface area contributed by atoms with E-state index in [0.29, 0.717) is 6.54 Å². The maximum Gasteiger partial charge on any atom is 0.315 e. The number of nitrogens with zero attached hydrogens (tertiary/aromatic N) is 4. The van der Waals surface area contributed by atoms with Crippen molar-refractivity contribution < 1.29 is 4.79 Å². The lowest BCUT2D eigenvalue weighted by molar-refractivity contribution is 0.236. The van der Waals surface area contributed by atoms with Crippen LogP contribution < -0.4 is 15.5 Å². The summed E-state index contributed by atoms with van der Waals surface area (Å²) in [5.41, 5.74) is 2.66. The van der Waals surface area contributed by atoms with Crippen molar-refractivity contribution in [1.82, 2.24) is 25.4 Å². The van der Waals surface area contributed by atoms with Gasteiger partial charge in [-0.15, -0.1) is 10.2 Å². The van der Waals surface area contributed by atoms with Crippen LogP contribution in [0.4, 0.5) is 10.5 Å². The molecule has 0 saturated carbocycles. The van der Waals surface area contributed by atoms with Crippen LogP contribution in [0.15, 0.2) is 30.6 Å². The van der Waals surface area contributed by atoms with E-state index in [0.717, 1.165) is 18.8 Å². The summed E-state index contributed by atoms with van der Waals surface area (Å²) in [4.78, 5) is 14.5. The van der Waals surface area contributed by atoms with Gasteiger partial charge in [0.25, 0.3) is 0 Å². The molecule has 7 nitrogen and oxygen atoms in total. The van der Waals surface area contributed by atoms with Crippen molar-refractivity contribution >= 4 is 11.7 Å². The highest BCUT2D eigenvalue weighted by Crippen LogP contribution is 2.28. The van der Waals surface area contributed by atoms with E-state index in [-0.39, 0.29) is 18.1 Å². The third-order valence-corrected chi connectivity index (χ3v) is 4.49. The topological polar surface area (TPSA) is 75.1 Å². The number of anilines is 1. The lowest BCUT2D eigenvalue weighted by Crippen LogP contribution is -2.45. The van der Waals surface area contributed by atoms with Crippen molar-refractivity contribution in [3.63, 3.8) is 0 Å². The Hall–Kier alpha value is -2.57. The van der Waals surface area contributed by atoms with Gasteiger partial charge in [0.1, 0.15) is 6.33 Å². The zero-order valence-corrected chi connectivity index (χ0v) is 14.4. The SMILES string of the molecule is C[C@@H](NC(=O)NC[C@H](C)N1CCc2ccccc21)c1nncn1C. The molecule has 0 radical (unpaired) electrons. The Kier molecular flexibility index (Phi) is 4.69. The van der Waals surface area contributed by atoms with Crippen molar-refractivity contribution in [2.24, 2.45) is 7.05 Å². The van der Waals surface area contributed by atoms with Gasteiger partial charge in [0, 0.05) is 31.9 Å². The number of rotatable bonds is 5. The number of benzene rings is 1. The van der Waals surface area contributed by atoms with Crippen molar-refractivity contribution in [3.8, 4) is 0 Å². The predicted octanol–water partition coefficient (Wildman–Crippen LogP) is 1.63. The predicted molar refractivity (Wildman–Crippen MR) is 92.9 cm³/mol. The number of aromatic nitrogens is 3. The van der Waals surface area contributed by atoms with Gasteiger partial charge in [0.15, 0.2) is 5.82 Å². The summed E-state index contributed by atoms with van der Waals surface area (Å²) in [5.74, 6) is 0.728. The number of aryl methyl sites for hydroxylation is 1. The maximum atomic E-state index is 12.1. The smallest absolute Gasteiger partial charge is 0.315 e. The number of nitrogens with one attached hydrogen (secondary N) is 2. The summed E-state index contributed by atoms with van der Waals surface area (Å²) in [7, 11) is 1.86. The Morgan fingerprint density at radius 3 is 2.88 bits per heavy atom. The van der Waals surface area contributed by atoms with Crippen LogP contribution >= 0.6 is 0 Å². The first-order chi connectivity index (χ1) is 11.6. The second-order valence-electron chi connectivity index (χ2n) is 6.30. The van der Waals surface area contributed by atoms with E-state index >= 15 is 0 Å². The van der Waals surface area contributed by atoms with Gasteiger partial charge in [-0.25, -0.2) is 4.79 Å². The standard InChI is InChI=1S/C17H24N6O/c1-12(23-9-8-14-6-4-5-7-15(14)23)10-18-17(24)20-13(2)16-21-19-11-22(16)3/h4-7,11-13H,8-10H2,1-3H3,(H2,18,20,24)/t12-,13+/m0/s1. The average molecular weight is 328 g/mol. The van der Waals surface area contributed by atoms with E-state index in [1.54, 1.807) is 10.9 Å². The van der Waals surface area contributed by atoms with Gasteiger partial charge in [-0.3, -0.25) is 0 Å². The molecule has 0 aliphatic carbocycles. The fourth-order valence-electron chi connectivity index (χ4n) is 3.17. The van der Waals surface area contributed by atoms with Crippen molar-refractivity contribution in [1.29, 1.82) is 0 Å². The summed E-state index contributed by atoms with van der Waals surface area (Å²) in [6.45, 7) is 5.61. The molecule has 3 rings (SSSR count). The molecule has 0 spiro atoms. The molecule has 2 atom stereocenters.